The Bertz CT molecular complexity index is 930. The summed E-state index contributed by atoms with van der Waals surface area (Å²) >= 11 is 5.83. The van der Waals surface area contributed by atoms with Crippen molar-refractivity contribution < 1.29 is 22.7 Å². The first-order chi connectivity index (χ1) is 13.3. The molecule has 0 spiro atoms. The third kappa shape index (κ3) is 5.53. The average molecular weight is 427 g/mol. The molecule has 152 valence electrons. The zero-order valence-corrected chi connectivity index (χ0v) is 17.5. The second kappa shape index (κ2) is 9.66. The van der Waals surface area contributed by atoms with E-state index in [2.05, 4.69) is 10.0 Å². The van der Waals surface area contributed by atoms with Crippen molar-refractivity contribution in [1.82, 2.24) is 0 Å². The average Bonchev–Trinajstić information content (AvgIpc) is 2.65. The molecule has 0 atom stereocenters. The van der Waals surface area contributed by atoms with Crippen LogP contribution in [0.4, 0.5) is 11.4 Å². The van der Waals surface area contributed by atoms with Crippen LogP contribution in [0.3, 0.4) is 0 Å². The van der Waals surface area contributed by atoms with Crippen LogP contribution in [0.2, 0.25) is 5.02 Å². The lowest BCUT2D eigenvalue weighted by Crippen LogP contribution is -2.15. The summed E-state index contributed by atoms with van der Waals surface area (Å²) in [5.74, 6) is 0.411. The monoisotopic (exact) mass is 426 g/mol. The fourth-order valence-electron chi connectivity index (χ4n) is 2.34. The normalized spacial score (nSPS) is 11.0. The molecule has 0 aromatic heterocycles. The van der Waals surface area contributed by atoms with E-state index in [9.17, 15) is 13.2 Å². The van der Waals surface area contributed by atoms with E-state index in [0.717, 1.165) is 0 Å². The maximum Gasteiger partial charge on any atom is 0.262 e. The first-order valence-corrected chi connectivity index (χ1v) is 10.7. The Balaban J connectivity index is 2.47. The smallest absolute Gasteiger partial charge is 0.262 e. The van der Waals surface area contributed by atoms with E-state index in [-0.39, 0.29) is 22.2 Å². The summed E-state index contributed by atoms with van der Waals surface area (Å²) in [4.78, 5) is 11.9. The van der Waals surface area contributed by atoms with Gasteiger partial charge in [-0.2, -0.15) is 0 Å². The van der Waals surface area contributed by atoms with Gasteiger partial charge in [-0.25, -0.2) is 8.42 Å². The SMILES string of the molecule is CCOc1cc(NS(=O)(=O)c2ccc(Cl)cc2)c(OCC)cc1NC(=O)CC. The lowest BCUT2D eigenvalue weighted by molar-refractivity contribution is -0.115. The Morgan fingerprint density at radius 3 is 2.04 bits per heavy atom. The Kier molecular flexibility index (Phi) is 7.53. The van der Waals surface area contributed by atoms with Crippen LogP contribution in [-0.2, 0) is 14.8 Å². The molecule has 0 saturated carbocycles. The zero-order valence-electron chi connectivity index (χ0n) is 15.9. The third-order valence-corrected chi connectivity index (χ3v) is 5.28. The zero-order chi connectivity index (χ0) is 20.7. The molecule has 0 radical (unpaired) electrons. The van der Waals surface area contributed by atoms with Crippen LogP contribution in [0, 0.1) is 0 Å². The molecule has 1 amide bonds. The minimum absolute atomic E-state index is 0.0562. The van der Waals surface area contributed by atoms with Crippen molar-refractivity contribution in [2.45, 2.75) is 32.1 Å². The Morgan fingerprint density at radius 2 is 1.50 bits per heavy atom. The number of benzene rings is 2. The second-order valence-electron chi connectivity index (χ2n) is 5.67. The molecule has 7 nitrogen and oxygen atoms in total. The van der Waals surface area contributed by atoms with Crippen molar-refractivity contribution in [2.24, 2.45) is 0 Å². The van der Waals surface area contributed by atoms with Gasteiger partial charge in [-0.15, -0.1) is 0 Å². The highest BCUT2D eigenvalue weighted by Gasteiger charge is 2.20. The van der Waals surface area contributed by atoms with Gasteiger partial charge >= 0.3 is 0 Å². The van der Waals surface area contributed by atoms with E-state index in [1.54, 1.807) is 26.8 Å². The number of anilines is 2. The van der Waals surface area contributed by atoms with Crippen molar-refractivity contribution in [2.75, 3.05) is 23.3 Å². The van der Waals surface area contributed by atoms with E-state index < -0.39 is 10.0 Å². The minimum atomic E-state index is -3.87. The number of hydrogen-bond donors (Lipinski definition) is 2. The molecule has 0 heterocycles. The Morgan fingerprint density at radius 1 is 0.964 bits per heavy atom. The molecule has 9 heteroatoms. The Hall–Kier alpha value is -2.45. The van der Waals surface area contributed by atoms with Gasteiger partial charge in [0.2, 0.25) is 5.91 Å². The van der Waals surface area contributed by atoms with Gasteiger partial charge in [0.1, 0.15) is 11.5 Å². The summed E-state index contributed by atoms with van der Waals surface area (Å²) in [7, 11) is -3.87. The predicted octanol–water partition coefficient (Wildman–Crippen LogP) is 4.29. The van der Waals surface area contributed by atoms with E-state index >= 15 is 0 Å². The van der Waals surface area contributed by atoms with Crippen molar-refractivity contribution >= 4 is 38.9 Å². The van der Waals surface area contributed by atoms with E-state index in [1.807, 2.05) is 0 Å². The van der Waals surface area contributed by atoms with Crippen LogP contribution in [0.1, 0.15) is 27.2 Å². The summed E-state index contributed by atoms with van der Waals surface area (Å²) in [5, 5.41) is 3.17. The van der Waals surface area contributed by atoms with Gasteiger partial charge < -0.3 is 14.8 Å². The fourth-order valence-corrected chi connectivity index (χ4v) is 3.53. The summed E-state index contributed by atoms with van der Waals surface area (Å²) in [6.07, 6.45) is 0.292. The van der Waals surface area contributed by atoms with Gasteiger partial charge in [0.25, 0.3) is 10.0 Å². The van der Waals surface area contributed by atoms with Gasteiger partial charge in [-0.3, -0.25) is 9.52 Å². The summed E-state index contributed by atoms with van der Waals surface area (Å²) in [6.45, 7) is 5.95. The maximum atomic E-state index is 12.7. The molecule has 2 aromatic rings. The standard InChI is InChI=1S/C19H23ClN2O5S/c1-4-19(23)21-15-11-18(27-6-3)16(12-17(15)26-5-2)22-28(24,25)14-9-7-13(20)8-10-14/h7-12,22H,4-6H2,1-3H3,(H,21,23). The first-order valence-electron chi connectivity index (χ1n) is 8.82. The maximum absolute atomic E-state index is 12.7. The summed E-state index contributed by atoms with van der Waals surface area (Å²) in [6, 6.07) is 8.84. The number of ether oxygens (including phenoxy) is 2. The molecule has 2 N–H and O–H groups in total. The van der Waals surface area contributed by atoms with Gasteiger partial charge in [-0.1, -0.05) is 18.5 Å². The molecule has 2 aromatic carbocycles. The molecule has 2 rings (SSSR count). The van der Waals surface area contributed by atoms with Crippen LogP contribution in [0.15, 0.2) is 41.3 Å². The molecule has 0 bridgehead atoms. The topological polar surface area (TPSA) is 93.7 Å². The van der Waals surface area contributed by atoms with Gasteiger partial charge in [-0.05, 0) is 38.1 Å². The van der Waals surface area contributed by atoms with Crippen molar-refractivity contribution in [3.63, 3.8) is 0 Å². The molecule has 0 aliphatic rings. The number of sulfonamides is 1. The van der Waals surface area contributed by atoms with Crippen LogP contribution < -0.4 is 19.5 Å². The number of amides is 1. The molecular weight excluding hydrogens is 404 g/mol. The number of hydrogen-bond acceptors (Lipinski definition) is 5. The van der Waals surface area contributed by atoms with Crippen LogP contribution in [0.25, 0.3) is 0 Å². The highest BCUT2D eigenvalue weighted by Crippen LogP contribution is 2.38. The van der Waals surface area contributed by atoms with E-state index in [1.165, 1.54) is 30.3 Å². The minimum Gasteiger partial charge on any atom is -0.492 e. The van der Waals surface area contributed by atoms with Gasteiger partial charge in [0.05, 0.1) is 29.5 Å². The highest BCUT2D eigenvalue weighted by atomic mass is 35.5. The molecule has 0 unspecified atom stereocenters. The quantitative estimate of drug-likeness (QED) is 0.623. The highest BCUT2D eigenvalue weighted by molar-refractivity contribution is 7.92. The fraction of sp³-hybridized carbons (Fsp3) is 0.316. The van der Waals surface area contributed by atoms with Crippen molar-refractivity contribution in [1.29, 1.82) is 0 Å². The molecule has 0 fully saturated rings. The van der Waals surface area contributed by atoms with Crippen molar-refractivity contribution in [3.05, 3.63) is 41.4 Å². The summed E-state index contributed by atoms with van der Waals surface area (Å²) < 4.78 is 39.1. The summed E-state index contributed by atoms with van der Waals surface area (Å²) in [5.41, 5.74) is 0.612. The molecule has 0 aliphatic carbocycles. The number of halogens is 1. The predicted molar refractivity (Wildman–Crippen MR) is 110 cm³/mol. The van der Waals surface area contributed by atoms with Crippen molar-refractivity contribution in [3.8, 4) is 11.5 Å². The first kappa shape index (κ1) is 21.8. The number of carbonyl (C=O) groups is 1. The molecule has 28 heavy (non-hydrogen) atoms. The second-order valence-corrected chi connectivity index (χ2v) is 7.79. The number of nitrogens with one attached hydrogen (secondary N) is 2. The van der Waals surface area contributed by atoms with Gasteiger partial charge in [0.15, 0.2) is 0 Å². The number of carbonyl (C=O) groups excluding carboxylic acids is 1. The van der Waals surface area contributed by atoms with E-state index in [0.29, 0.717) is 36.1 Å². The lowest BCUT2D eigenvalue weighted by atomic mass is 10.2. The third-order valence-electron chi connectivity index (χ3n) is 3.64. The van der Waals surface area contributed by atoms with Crippen LogP contribution in [0.5, 0.6) is 11.5 Å². The lowest BCUT2D eigenvalue weighted by Gasteiger charge is -2.18. The largest absolute Gasteiger partial charge is 0.492 e. The molecular formula is C19H23ClN2O5S. The molecule has 0 aliphatic heterocycles. The van der Waals surface area contributed by atoms with Gasteiger partial charge in [0, 0.05) is 23.6 Å². The Labute approximate surface area is 170 Å². The van der Waals surface area contributed by atoms with Crippen LogP contribution in [-0.4, -0.2) is 27.5 Å². The van der Waals surface area contributed by atoms with Crippen LogP contribution >= 0.6 is 11.6 Å². The number of rotatable bonds is 9. The van der Waals surface area contributed by atoms with E-state index in [4.69, 9.17) is 21.1 Å². The molecule has 0 saturated heterocycles.